The smallest absolute Gasteiger partial charge is 0.125 e. The molecule has 0 radical (unpaired) electrons. The summed E-state index contributed by atoms with van der Waals surface area (Å²) in [6, 6.07) is 3.92. The molecular formula is C11H18N2O2. The van der Waals surface area contributed by atoms with Gasteiger partial charge < -0.3 is 14.8 Å². The molecule has 0 atom stereocenters. The van der Waals surface area contributed by atoms with E-state index in [1.54, 1.807) is 6.20 Å². The SMILES string of the molecule is CCOCCOCc1ccnc(NC)c1. The minimum atomic E-state index is 0.601. The van der Waals surface area contributed by atoms with Crippen molar-refractivity contribution in [1.82, 2.24) is 4.98 Å². The van der Waals surface area contributed by atoms with E-state index in [4.69, 9.17) is 9.47 Å². The molecule has 0 spiro atoms. The monoisotopic (exact) mass is 210 g/mol. The molecule has 0 saturated carbocycles. The predicted molar refractivity (Wildman–Crippen MR) is 59.9 cm³/mol. The molecule has 0 aliphatic heterocycles. The Kier molecular flexibility index (Phi) is 5.73. The minimum Gasteiger partial charge on any atom is -0.379 e. The highest BCUT2D eigenvalue weighted by atomic mass is 16.5. The second-order valence-corrected chi connectivity index (χ2v) is 3.05. The second kappa shape index (κ2) is 7.20. The Labute approximate surface area is 90.6 Å². The van der Waals surface area contributed by atoms with Gasteiger partial charge in [-0.3, -0.25) is 0 Å². The Morgan fingerprint density at radius 2 is 2.13 bits per heavy atom. The van der Waals surface area contributed by atoms with Gasteiger partial charge in [0.2, 0.25) is 0 Å². The molecule has 0 saturated heterocycles. The molecule has 1 rings (SSSR count). The molecular weight excluding hydrogens is 192 g/mol. The van der Waals surface area contributed by atoms with Crippen molar-refractivity contribution in [2.45, 2.75) is 13.5 Å². The maximum absolute atomic E-state index is 5.44. The van der Waals surface area contributed by atoms with E-state index in [0.29, 0.717) is 19.8 Å². The molecule has 84 valence electrons. The minimum absolute atomic E-state index is 0.601. The van der Waals surface area contributed by atoms with Gasteiger partial charge in [0.05, 0.1) is 19.8 Å². The zero-order valence-electron chi connectivity index (χ0n) is 9.32. The fourth-order valence-electron chi connectivity index (χ4n) is 1.15. The van der Waals surface area contributed by atoms with Crippen LogP contribution in [0.25, 0.3) is 0 Å². The lowest BCUT2D eigenvalue weighted by atomic mass is 10.3. The van der Waals surface area contributed by atoms with Gasteiger partial charge in [-0.05, 0) is 24.6 Å². The number of hydrogen-bond donors (Lipinski definition) is 1. The van der Waals surface area contributed by atoms with Crippen molar-refractivity contribution in [1.29, 1.82) is 0 Å². The fourth-order valence-corrected chi connectivity index (χ4v) is 1.15. The lowest BCUT2D eigenvalue weighted by Crippen LogP contribution is -2.04. The summed E-state index contributed by atoms with van der Waals surface area (Å²) < 4.78 is 10.6. The van der Waals surface area contributed by atoms with Crippen LogP contribution in [0.2, 0.25) is 0 Å². The number of ether oxygens (including phenoxy) is 2. The van der Waals surface area contributed by atoms with Crippen LogP contribution in [0, 0.1) is 0 Å². The first-order valence-corrected chi connectivity index (χ1v) is 5.15. The van der Waals surface area contributed by atoms with Crippen molar-refractivity contribution in [2.24, 2.45) is 0 Å². The average Bonchev–Trinajstić information content (AvgIpc) is 2.29. The van der Waals surface area contributed by atoms with E-state index < -0.39 is 0 Å². The number of aromatic nitrogens is 1. The van der Waals surface area contributed by atoms with Crippen LogP contribution in [0.1, 0.15) is 12.5 Å². The summed E-state index contributed by atoms with van der Waals surface area (Å²) >= 11 is 0. The molecule has 1 N–H and O–H groups in total. The van der Waals surface area contributed by atoms with Gasteiger partial charge in [0.15, 0.2) is 0 Å². The van der Waals surface area contributed by atoms with E-state index in [1.165, 1.54) is 0 Å². The summed E-state index contributed by atoms with van der Waals surface area (Å²) in [5.41, 5.74) is 1.12. The van der Waals surface area contributed by atoms with Gasteiger partial charge in [0.25, 0.3) is 0 Å². The van der Waals surface area contributed by atoms with Crippen molar-refractivity contribution in [3.63, 3.8) is 0 Å². The van der Waals surface area contributed by atoms with Gasteiger partial charge in [0.1, 0.15) is 5.82 Å². The molecule has 0 fully saturated rings. The zero-order chi connectivity index (χ0) is 10.9. The van der Waals surface area contributed by atoms with Crippen molar-refractivity contribution in [2.75, 3.05) is 32.2 Å². The molecule has 1 aromatic rings. The topological polar surface area (TPSA) is 43.4 Å². The predicted octanol–water partition coefficient (Wildman–Crippen LogP) is 1.68. The first kappa shape index (κ1) is 11.9. The molecule has 0 bridgehead atoms. The molecule has 1 heterocycles. The second-order valence-electron chi connectivity index (χ2n) is 3.05. The lowest BCUT2D eigenvalue weighted by Gasteiger charge is -2.05. The van der Waals surface area contributed by atoms with Gasteiger partial charge in [0, 0.05) is 19.9 Å². The summed E-state index contributed by atoms with van der Waals surface area (Å²) in [4.78, 5) is 4.12. The number of nitrogens with zero attached hydrogens (tertiary/aromatic N) is 1. The van der Waals surface area contributed by atoms with E-state index in [0.717, 1.165) is 18.0 Å². The first-order valence-electron chi connectivity index (χ1n) is 5.15. The van der Waals surface area contributed by atoms with E-state index >= 15 is 0 Å². The van der Waals surface area contributed by atoms with E-state index in [2.05, 4.69) is 10.3 Å². The normalized spacial score (nSPS) is 10.3. The highest BCUT2D eigenvalue weighted by Gasteiger charge is 1.95. The molecule has 4 nitrogen and oxygen atoms in total. The number of hydrogen-bond acceptors (Lipinski definition) is 4. The Morgan fingerprint density at radius 1 is 1.33 bits per heavy atom. The zero-order valence-corrected chi connectivity index (χ0v) is 9.32. The van der Waals surface area contributed by atoms with E-state index in [1.807, 2.05) is 26.1 Å². The molecule has 4 heteroatoms. The van der Waals surface area contributed by atoms with Crippen LogP contribution < -0.4 is 5.32 Å². The van der Waals surface area contributed by atoms with Crippen molar-refractivity contribution in [3.05, 3.63) is 23.9 Å². The van der Waals surface area contributed by atoms with Crippen molar-refractivity contribution >= 4 is 5.82 Å². The van der Waals surface area contributed by atoms with Gasteiger partial charge in [-0.1, -0.05) is 0 Å². The van der Waals surface area contributed by atoms with Crippen molar-refractivity contribution < 1.29 is 9.47 Å². The van der Waals surface area contributed by atoms with Gasteiger partial charge in [-0.15, -0.1) is 0 Å². The first-order chi connectivity index (χ1) is 7.36. The van der Waals surface area contributed by atoms with Crippen molar-refractivity contribution in [3.8, 4) is 0 Å². The molecule has 1 aromatic heterocycles. The fraction of sp³-hybridized carbons (Fsp3) is 0.545. The van der Waals surface area contributed by atoms with Gasteiger partial charge >= 0.3 is 0 Å². The molecule has 0 amide bonds. The number of rotatable bonds is 7. The quantitative estimate of drug-likeness (QED) is 0.695. The number of pyridine rings is 1. The summed E-state index contributed by atoms with van der Waals surface area (Å²) in [7, 11) is 1.85. The van der Waals surface area contributed by atoms with Gasteiger partial charge in [-0.2, -0.15) is 0 Å². The molecule has 0 aromatic carbocycles. The van der Waals surface area contributed by atoms with Crippen LogP contribution >= 0.6 is 0 Å². The third kappa shape index (κ3) is 4.76. The standard InChI is InChI=1S/C11H18N2O2/c1-3-14-6-7-15-9-10-4-5-13-11(8-10)12-2/h4-5,8H,3,6-7,9H2,1-2H3,(H,12,13). The Morgan fingerprint density at radius 3 is 2.87 bits per heavy atom. The summed E-state index contributed by atoms with van der Waals surface area (Å²) in [5, 5.41) is 2.99. The van der Waals surface area contributed by atoms with Gasteiger partial charge in [-0.25, -0.2) is 4.98 Å². The van der Waals surface area contributed by atoms with E-state index in [9.17, 15) is 0 Å². The van der Waals surface area contributed by atoms with Crippen LogP contribution in [-0.2, 0) is 16.1 Å². The Hall–Kier alpha value is -1.13. The van der Waals surface area contributed by atoms with Crippen LogP contribution in [0.5, 0.6) is 0 Å². The summed E-state index contributed by atoms with van der Waals surface area (Å²) in [5.74, 6) is 0.862. The Balaban J connectivity index is 2.24. The highest BCUT2D eigenvalue weighted by Crippen LogP contribution is 2.06. The molecule has 0 aliphatic carbocycles. The third-order valence-electron chi connectivity index (χ3n) is 1.93. The number of anilines is 1. The molecule has 0 unspecified atom stereocenters. The number of nitrogens with one attached hydrogen (secondary N) is 1. The third-order valence-corrected chi connectivity index (χ3v) is 1.93. The molecule has 0 aliphatic rings. The summed E-state index contributed by atoms with van der Waals surface area (Å²) in [6.07, 6.45) is 1.77. The highest BCUT2D eigenvalue weighted by molar-refractivity contribution is 5.36. The lowest BCUT2D eigenvalue weighted by molar-refractivity contribution is 0.0453. The van der Waals surface area contributed by atoms with Crippen LogP contribution in [0.3, 0.4) is 0 Å². The summed E-state index contributed by atoms with van der Waals surface area (Å²) in [6.45, 7) is 4.60. The Bertz CT molecular complexity index is 279. The molecule has 15 heavy (non-hydrogen) atoms. The van der Waals surface area contributed by atoms with Crippen LogP contribution in [0.15, 0.2) is 18.3 Å². The van der Waals surface area contributed by atoms with Crippen LogP contribution in [-0.4, -0.2) is 31.9 Å². The maximum Gasteiger partial charge on any atom is 0.125 e. The van der Waals surface area contributed by atoms with E-state index in [-0.39, 0.29) is 0 Å². The maximum atomic E-state index is 5.44. The van der Waals surface area contributed by atoms with Crippen LogP contribution in [0.4, 0.5) is 5.82 Å². The average molecular weight is 210 g/mol. The largest absolute Gasteiger partial charge is 0.379 e.